The van der Waals surface area contributed by atoms with Gasteiger partial charge in [0, 0.05) is 27.6 Å². The fourth-order valence-electron chi connectivity index (χ4n) is 1.80. The number of nitrogens with one attached hydrogen (secondary N) is 1. The van der Waals surface area contributed by atoms with E-state index in [1.165, 1.54) is 12.1 Å². The van der Waals surface area contributed by atoms with Crippen molar-refractivity contribution >= 4 is 43.2 Å². The molecule has 0 radical (unpaired) electrons. The SMILES string of the molecule is N#Cc1cc(Br)ccc1NCc1cc(Br)cc([N+](=O)[O-])c1. The molecule has 106 valence electrons. The van der Waals surface area contributed by atoms with Gasteiger partial charge in [-0.15, -0.1) is 0 Å². The second kappa shape index (κ2) is 6.70. The summed E-state index contributed by atoms with van der Waals surface area (Å²) in [4.78, 5) is 10.4. The molecule has 2 aromatic carbocycles. The van der Waals surface area contributed by atoms with E-state index in [-0.39, 0.29) is 5.69 Å². The largest absolute Gasteiger partial charge is 0.380 e. The van der Waals surface area contributed by atoms with E-state index in [1.54, 1.807) is 18.2 Å². The summed E-state index contributed by atoms with van der Waals surface area (Å²) in [5.41, 5.74) is 1.97. The second-order valence-electron chi connectivity index (χ2n) is 4.23. The molecule has 2 rings (SSSR count). The lowest BCUT2D eigenvalue weighted by Crippen LogP contribution is -2.02. The first-order valence-corrected chi connectivity index (χ1v) is 7.45. The molecule has 0 aliphatic carbocycles. The summed E-state index contributed by atoms with van der Waals surface area (Å²) < 4.78 is 1.47. The van der Waals surface area contributed by atoms with Crippen LogP contribution in [0.3, 0.4) is 0 Å². The standard InChI is InChI=1S/C14H9Br2N3O2/c15-11-1-2-14(10(5-11)7-17)18-8-9-3-12(16)6-13(4-9)19(20)21/h1-6,18H,8H2. The highest BCUT2D eigenvalue weighted by Gasteiger charge is 2.09. The zero-order valence-electron chi connectivity index (χ0n) is 10.6. The van der Waals surface area contributed by atoms with Crippen molar-refractivity contribution < 1.29 is 4.92 Å². The molecule has 0 atom stereocenters. The second-order valence-corrected chi connectivity index (χ2v) is 6.06. The first-order chi connectivity index (χ1) is 9.99. The molecule has 5 nitrogen and oxygen atoms in total. The van der Waals surface area contributed by atoms with Crippen molar-refractivity contribution in [3.05, 3.63) is 66.6 Å². The molecule has 0 saturated heterocycles. The predicted molar refractivity (Wildman–Crippen MR) is 87.0 cm³/mol. The van der Waals surface area contributed by atoms with Gasteiger partial charge in [0.1, 0.15) is 6.07 Å². The molecule has 0 unspecified atom stereocenters. The van der Waals surface area contributed by atoms with Gasteiger partial charge in [0.2, 0.25) is 0 Å². The molecule has 0 aromatic heterocycles. The minimum absolute atomic E-state index is 0.0255. The maximum atomic E-state index is 10.8. The van der Waals surface area contributed by atoms with Gasteiger partial charge in [-0.25, -0.2) is 0 Å². The summed E-state index contributed by atoms with van der Waals surface area (Å²) in [5, 5.41) is 23.0. The van der Waals surface area contributed by atoms with Crippen LogP contribution in [0.15, 0.2) is 45.3 Å². The van der Waals surface area contributed by atoms with Crippen molar-refractivity contribution in [3.8, 4) is 6.07 Å². The third-order valence-electron chi connectivity index (χ3n) is 2.74. The summed E-state index contributed by atoms with van der Waals surface area (Å²) in [5.74, 6) is 0. The minimum Gasteiger partial charge on any atom is -0.380 e. The average molecular weight is 411 g/mol. The van der Waals surface area contributed by atoms with Crippen molar-refractivity contribution in [2.45, 2.75) is 6.54 Å². The molecule has 0 amide bonds. The third-order valence-corrected chi connectivity index (χ3v) is 3.69. The smallest absolute Gasteiger partial charge is 0.270 e. The number of benzene rings is 2. The Morgan fingerprint density at radius 1 is 1.19 bits per heavy atom. The Bertz CT molecular complexity index is 741. The van der Waals surface area contributed by atoms with Crippen LogP contribution >= 0.6 is 31.9 Å². The molecule has 0 heterocycles. The lowest BCUT2D eigenvalue weighted by molar-refractivity contribution is -0.385. The zero-order valence-corrected chi connectivity index (χ0v) is 13.8. The number of halogens is 2. The molecule has 0 aliphatic rings. The third kappa shape index (κ3) is 4.03. The Kier molecular flexibility index (Phi) is 4.94. The number of nitrogens with zero attached hydrogens (tertiary/aromatic N) is 2. The maximum absolute atomic E-state index is 10.8. The fourth-order valence-corrected chi connectivity index (χ4v) is 2.69. The molecule has 21 heavy (non-hydrogen) atoms. The first kappa shape index (κ1) is 15.5. The van der Waals surface area contributed by atoms with Gasteiger partial charge in [0.05, 0.1) is 16.2 Å². The molecule has 0 fully saturated rings. The molecule has 1 N–H and O–H groups in total. The van der Waals surface area contributed by atoms with Crippen LogP contribution in [-0.4, -0.2) is 4.92 Å². The molecular weight excluding hydrogens is 402 g/mol. The molecule has 0 spiro atoms. The number of nitro groups is 1. The lowest BCUT2D eigenvalue weighted by atomic mass is 10.1. The van der Waals surface area contributed by atoms with Gasteiger partial charge in [-0.05, 0) is 29.8 Å². The maximum Gasteiger partial charge on any atom is 0.270 e. The van der Waals surface area contributed by atoms with Gasteiger partial charge >= 0.3 is 0 Å². The van der Waals surface area contributed by atoms with Crippen LogP contribution in [0, 0.1) is 21.4 Å². The summed E-state index contributed by atoms with van der Waals surface area (Å²) in [6.07, 6.45) is 0. The monoisotopic (exact) mass is 409 g/mol. The predicted octanol–water partition coefficient (Wildman–Crippen LogP) is 4.60. The number of nitriles is 1. The Hall–Kier alpha value is -1.91. The minimum atomic E-state index is -0.436. The van der Waals surface area contributed by atoms with Crippen LogP contribution in [0.25, 0.3) is 0 Å². The highest BCUT2D eigenvalue weighted by atomic mass is 79.9. The van der Waals surface area contributed by atoms with E-state index in [2.05, 4.69) is 43.2 Å². The van der Waals surface area contributed by atoms with E-state index in [0.29, 0.717) is 22.3 Å². The van der Waals surface area contributed by atoms with Crippen molar-refractivity contribution in [2.75, 3.05) is 5.32 Å². The Labute approximate surface area is 138 Å². The van der Waals surface area contributed by atoms with Crippen molar-refractivity contribution in [1.29, 1.82) is 5.26 Å². The summed E-state index contributed by atoms with van der Waals surface area (Å²) in [6.45, 7) is 0.386. The van der Waals surface area contributed by atoms with Crippen LogP contribution in [0.4, 0.5) is 11.4 Å². The van der Waals surface area contributed by atoms with E-state index >= 15 is 0 Å². The topological polar surface area (TPSA) is 79.0 Å². The summed E-state index contributed by atoms with van der Waals surface area (Å²) in [7, 11) is 0. The normalized spacial score (nSPS) is 9.95. The molecular formula is C14H9Br2N3O2. The van der Waals surface area contributed by atoms with E-state index in [1.807, 2.05) is 6.07 Å². The van der Waals surface area contributed by atoms with Crippen molar-refractivity contribution in [3.63, 3.8) is 0 Å². The van der Waals surface area contributed by atoms with Gasteiger partial charge in [-0.3, -0.25) is 10.1 Å². The number of non-ortho nitro benzene ring substituents is 1. The summed E-state index contributed by atoms with van der Waals surface area (Å²) >= 11 is 6.56. The van der Waals surface area contributed by atoms with Crippen LogP contribution in [0.5, 0.6) is 0 Å². The molecule has 7 heteroatoms. The van der Waals surface area contributed by atoms with Crippen LogP contribution in [-0.2, 0) is 6.54 Å². The van der Waals surface area contributed by atoms with Gasteiger partial charge < -0.3 is 5.32 Å². The first-order valence-electron chi connectivity index (χ1n) is 5.87. The Balaban J connectivity index is 2.21. The average Bonchev–Trinajstić information content (AvgIpc) is 2.45. The van der Waals surface area contributed by atoms with E-state index < -0.39 is 4.92 Å². The number of rotatable bonds is 4. The fraction of sp³-hybridized carbons (Fsp3) is 0.0714. The molecule has 2 aromatic rings. The van der Waals surface area contributed by atoms with Crippen molar-refractivity contribution in [2.24, 2.45) is 0 Å². The highest BCUT2D eigenvalue weighted by molar-refractivity contribution is 9.10. The van der Waals surface area contributed by atoms with Gasteiger partial charge in [-0.1, -0.05) is 31.9 Å². The van der Waals surface area contributed by atoms with Crippen LogP contribution in [0.2, 0.25) is 0 Å². The number of anilines is 1. The number of nitro benzene ring substituents is 1. The number of hydrogen-bond donors (Lipinski definition) is 1. The van der Waals surface area contributed by atoms with Gasteiger partial charge in [0.15, 0.2) is 0 Å². The Morgan fingerprint density at radius 3 is 2.62 bits per heavy atom. The lowest BCUT2D eigenvalue weighted by Gasteiger charge is -2.09. The zero-order chi connectivity index (χ0) is 15.4. The van der Waals surface area contributed by atoms with Crippen molar-refractivity contribution in [1.82, 2.24) is 0 Å². The molecule has 0 bridgehead atoms. The van der Waals surface area contributed by atoms with E-state index in [4.69, 9.17) is 5.26 Å². The van der Waals surface area contributed by atoms with Crippen LogP contribution < -0.4 is 5.32 Å². The quantitative estimate of drug-likeness (QED) is 0.589. The highest BCUT2D eigenvalue weighted by Crippen LogP contribution is 2.24. The van der Waals surface area contributed by atoms with Gasteiger partial charge in [0.25, 0.3) is 5.69 Å². The van der Waals surface area contributed by atoms with E-state index in [9.17, 15) is 10.1 Å². The summed E-state index contributed by atoms with van der Waals surface area (Å²) in [6, 6.07) is 12.2. The van der Waals surface area contributed by atoms with E-state index in [0.717, 1.165) is 10.0 Å². The van der Waals surface area contributed by atoms with Crippen LogP contribution in [0.1, 0.15) is 11.1 Å². The molecule has 0 saturated carbocycles. The molecule has 0 aliphatic heterocycles. The van der Waals surface area contributed by atoms with Gasteiger partial charge in [-0.2, -0.15) is 5.26 Å². The number of hydrogen-bond acceptors (Lipinski definition) is 4. The Morgan fingerprint density at radius 2 is 1.95 bits per heavy atom.